The number of ether oxygens (including phenoxy) is 1. The zero-order valence-corrected chi connectivity index (χ0v) is 15.2. The highest BCUT2D eigenvalue weighted by molar-refractivity contribution is 5.96. The van der Waals surface area contributed by atoms with Crippen molar-refractivity contribution in [3.8, 4) is 5.75 Å². The highest BCUT2D eigenvalue weighted by Crippen LogP contribution is 2.33. The lowest BCUT2D eigenvalue weighted by Gasteiger charge is -2.30. The molecule has 0 heterocycles. The molecule has 1 atom stereocenters. The van der Waals surface area contributed by atoms with Crippen molar-refractivity contribution in [2.75, 3.05) is 7.11 Å². The number of benzene rings is 2. The second-order valence-electron chi connectivity index (χ2n) is 7.44. The fraction of sp³-hybridized carbons (Fsp3) is 0.409. The van der Waals surface area contributed by atoms with Crippen molar-refractivity contribution in [1.29, 1.82) is 0 Å². The first-order chi connectivity index (χ1) is 11.4. The van der Waals surface area contributed by atoms with Crippen molar-refractivity contribution in [3.05, 3.63) is 65.7 Å². The lowest BCUT2D eigenvalue weighted by atomic mass is 9.74. The minimum atomic E-state index is 0.108. The molecule has 0 aliphatic rings. The summed E-state index contributed by atoms with van der Waals surface area (Å²) in [5, 5.41) is 0. The minimum absolute atomic E-state index is 0.108. The predicted molar refractivity (Wildman–Crippen MR) is 99.6 cm³/mol. The number of rotatable bonds is 7. The average molecular weight is 324 g/mol. The Morgan fingerprint density at radius 3 is 2.17 bits per heavy atom. The SMILES string of the molecule is COc1ccc(C(=O)C[C@H](CCc2ccccc2)C(C)(C)C)cc1. The maximum Gasteiger partial charge on any atom is 0.163 e. The number of Topliss-reactive ketones (excluding diaryl/α,β-unsaturated/α-hetero) is 1. The van der Waals surface area contributed by atoms with E-state index in [2.05, 4.69) is 45.0 Å². The first-order valence-electron chi connectivity index (χ1n) is 8.61. The van der Waals surface area contributed by atoms with Crippen LogP contribution >= 0.6 is 0 Å². The van der Waals surface area contributed by atoms with Gasteiger partial charge in [-0.2, -0.15) is 0 Å². The molecule has 0 spiro atoms. The maximum atomic E-state index is 12.7. The van der Waals surface area contributed by atoms with Crippen LogP contribution in [-0.2, 0) is 6.42 Å². The lowest BCUT2D eigenvalue weighted by Crippen LogP contribution is -2.24. The van der Waals surface area contributed by atoms with E-state index in [1.807, 2.05) is 30.3 Å². The molecule has 2 aromatic rings. The minimum Gasteiger partial charge on any atom is -0.497 e. The number of carbonyl (C=O) groups excluding carboxylic acids is 1. The van der Waals surface area contributed by atoms with E-state index in [-0.39, 0.29) is 11.2 Å². The summed E-state index contributed by atoms with van der Waals surface area (Å²) in [6.07, 6.45) is 2.62. The van der Waals surface area contributed by atoms with Crippen LogP contribution < -0.4 is 4.74 Å². The number of aryl methyl sites for hydroxylation is 1. The van der Waals surface area contributed by atoms with E-state index >= 15 is 0 Å². The molecule has 24 heavy (non-hydrogen) atoms. The van der Waals surface area contributed by atoms with Gasteiger partial charge in [0.2, 0.25) is 0 Å². The normalized spacial score (nSPS) is 12.7. The summed E-state index contributed by atoms with van der Waals surface area (Å²) in [6, 6.07) is 17.9. The second-order valence-corrected chi connectivity index (χ2v) is 7.44. The molecule has 2 aromatic carbocycles. The van der Waals surface area contributed by atoms with Gasteiger partial charge in [-0.25, -0.2) is 0 Å². The molecule has 0 aliphatic carbocycles. The van der Waals surface area contributed by atoms with Gasteiger partial charge in [-0.05, 0) is 54.0 Å². The van der Waals surface area contributed by atoms with E-state index in [0.717, 1.165) is 24.2 Å². The summed E-state index contributed by atoms with van der Waals surface area (Å²) in [4.78, 5) is 12.7. The van der Waals surface area contributed by atoms with Crippen LogP contribution in [0.5, 0.6) is 5.75 Å². The van der Waals surface area contributed by atoms with Crippen LogP contribution in [0.25, 0.3) is 0 Å². The molecular weight excluding hydrogens is 296 g/mol. The second kappa shape index (κ2) is 8.14. The average Bonchev–Trinajstić information content (AvgIpc) is 2.58. The summed E-state index contributed by atoms with van der Waals surface area (Å²) in [5.41, 5.74) is 2.21. The van der Waals surface area contributed by atoms with Gasteiger partial charge in [0.15, 0.2) is 5.78 Å². The Morgan fingerprint density at radius 1 is 1.00 bits per heavy atom. The molecule has 0 fully saturated rings. The number of carbonyl (C=O) groups is 1. The van der Waals surface area contributed by atoms with Crippen molar-refractivity contribution in [2.45, 2.75) is 40.0 Å². The highest BCUT2D eigenvalue weighted by Gasteiger charge is 2.27. The number of methoxy groups -OCH3 is 1. The molecule has 0 unspecified atom stereocenters. The van der Waals surface area contributed by atoms with Crippen LogP contribution in [0.1, 0.15) is 49.5 Å². The quantitative estimate of drug-likeness (QED) is 0.623. The van der Waals surface area contributed by atoms with Crippen molar-refractivity contribution in [2.24, 2.45) is 11.3 Å². The van der Waals surface area contributed by atoms with E-state index in [9.17, 15) is 4.79 Å². The Morgan fingerprint density at radius 2 is 1.62 bits per heavy atom. The molecular formula is C22H28O2. The molecule has 0 N–H and O–H groups in total. The third kappa shape index (κ3) is 5.23. The van der Waals surface area contributed by atoms with Crippen LogP contribution in [0, 0.1) is 11.3 Å². The van der Waals surface area contributed by atoms with Crippen molar-refractivity contribution < 1.29 is 9.53 Å². The van der Waals surface area contributed by atoms with Crippen molar-refractivity contribution in [1.82, 2.24) is 0 Å². The fourth-order valence-corrected chi connectivity index (χ4v) is 2.95. The Kier molecular flexibility index (Phi) is 6.19. The molecule has 0 radical (unpaired) electrons. The molecule has 0 aromatic heterocycles. The molecule has 0 aliphatic heterocycles. The molecule has 2 heteroatoms. The molecule has 0 bridgehead atoms. The van der Waals surface area contributed by atoms with Gasteiger partial charge < -0.3 is 4.74 Å². The molecule has 0 saturated heterocycles. The van der Waals surface area contributed by atoms with Crippen molar-refractivity contribution in [3.63, 3.8) is 0 Å². The lowest BCUT2D eigenvalue weighted by molar-refractivity contribution is 0.0909. The van der Waals surface area contributed by atoms with Gasteiger partial charge in [-0.15, -0.1) is 0 Å². The Balaban J connectivity index is 2.03. The summed E-state index contributed by atoms with van der Waals surface area (Å²) >= 11 is 0. The van der Waals surface area contributed by atoms with E-state index < -0.39 is 0 Å². The summed E-state index contributed by atoms with van der Waals surface area (Å²) < 4.78 is 5.16. The molecule has 128 valence electrons. The van der Waals surface area contributed by atoms with E-state index in [4.69, 9.17) is 4.74 Å². The number of hydrogen-bond donors (Lipinski definition) is 0. The van der Waals surface area contributed by atoms with E-state index in [1.54, 1.807) is 7.11 Å². The third-order valence-corrected chi connectivity index (χ3v) is 4.69. The molecule has 2 nitrogen and oxygen atoms in total. The van der Waals surface area contributed by atoms with Gasteiger partial charge in [-0.3, -0.25) is 4.79 Å². The Hall–Kier alpha value is -2.09. The fourth-order valence-electron chi connectivity index (χ4n) is 2.95. The largest absolute Gasteiger partial charge is 0.497 e. The maximum absolute atomic E-state index is 12.7. The van der Waals surface area contributed by atoms with Crippen LogP contribution in [0.3, 0.4) is 0 Å². The van der Waals surface area contributed by atoms with Gasteiger partial charge in [0.25, 0.3) is 0 Å². The van der Waals surface area contributed by atoms with Gasteiger partial charge in [0, 0.05) is 12.0 Å². The third-order valence-electron chi connectivity index (χ3n) is 4.69. The van der Waals surface area contributed by atoms with Gasteiger partial charge in [0.1, 0.15) is 5.75 Å². The molecule has 0 saturated carbocycles. The molecule has 0 amide bonds. The van der Waals surface area contributed by atoms with Crippen LogP contribution in [0.4, 0.5) is 0 Å². The number of ketones is 1. The smallest absolute Gasteiger partial charge is 0.163 e. The van der Waals surface area contributed by atoms with E-state index in [0.29, 0.717) is 12.3 Å². The topological polar surface area (TPSA) is 26.3 Å². The zero-order valence-electron chi connectivity index (χ0n) is 15.2. The van der Waals surface area contributed by atoms with E-state index in [1.165, 1.54) is 5.56 Å². The summed E-state index contributed by atoms with van der Waals surface area (Å²) in [7, 11) is 1.63. The monoisotopic (exact) mass is 324 g/mol. The van der Waals surface area contributed by atoms with Gasteiger partial charge in [-0.1, -0.05) is 51.1 Å². The summed E-state index contributed by atoms with van der Waals surface area (Å²) in [5.74, 6) is 1.35. The highest BCUT2D eigenvalue weighted by atomic mass is 16.5. The van der Waals surface area contributed by atoms with Crippen LogP contribution in [-0.4, -0.2) is 12.9 Å². The Bertz CT molecular complexity index is 636. The first kappa shape index (κ1) is 18.3. The van der Waals surface area contributed by atoms with Crippen molar-refractivity contribution >= 4 is 5.78 Å². The van der Waals surface area contributed by atoms with Gasteiger partial charge >= 0.3 is 0 Å². The standard InChI is InChI=1S/C22H28O2/c1-22(2,3)19(13-10-17-8-6-5-7-9-17)16-21(23)18-11-14-20(24-4)15-12-18/h5-9,11-12,14-15,19H,10,13,16H2,1-4H3/t19-/m0/s1. The van der Waals surface area contributed by atoms with Crippen LogP contribution in [0.2, 0.25) is 0 Å². The first-order valence-corrected chi connectivity index (χ1v) is 8.61. The van der Waals surface area contributed by atoms with Gasteiger partial charge in [0.05, 0.1) is 7.11 Å². The zero-order chi connectivity index (χ0) is 17.6. The summed E-state index contributed by atoms with van der Waals surface area (Å²) in [6.45, 7) is 6.68. The van der Waals surface area contributed by atoms with Crippen LogP contribution in [0.15, 0.2) is 54.6 Å². The number of hydrogen-bond acceptors (Lipinski definition) is 2. The predicted octanol–water partition coefficient (Wildman–Crippen LogP) is 5.56. The Labute approximate surface area is 145 Å². The molecule has 2 rings (SSSR count).